The lowest BCUT2D eigenvalue weighted by atomic mass is 10.0. The predicted octanol–water partition coefficient (Wildman–Crippen LogP) is 6.52. The molecule has 3 aromatic rings. The van der Waals surface area contributed by atoms with Crippen LogP contribution in [0.4, 0.5) is 11.4 Å². The van der Waals surface area contributed by atoms with E-state index < -0.39 is 0 Å². The third-order valence-electron chi connectivity index (χ3n) is 9.52. The molecule has 2 aliphatic rings. The summed E-state index contributed by atoms with van der Waals surface area (Å²) in [5, 5.41) is 0. The van der Waals surface area contributed by atoms with Crippen LogP contribution < -0.4 is 9.80 Å². The second-order valence-electron chi connectivity index (χ2n) is 12.4. The molecule has 0 N–H and O–H groups in total. The number of amides is 1. The molecule has 226 valence electrons. The monoisotopic (exact) mass is 569 g/mol. The van der Waals surface area contributed by atoms with E-state index in [1.807, 2.05) is 7.05 Å². The number of hydrogen-bond donors (Lipinski definition) is 0. The van der Waals surface area contributed by atoms with Crippen LogP contribution in [0.1, 0.15) is 73.3 Å². The number of nitrogens with zero attached hydrogens (tertiary/aromatic N) is 5. The normalized spacial score (nSPS) is 18.1. The van der Waals surface area contributed by atoms with E-state index in [9.17, 15) is 4.79 Å². The van der Waals surface area contributed by atoms with Crippen LogP contribution in [0.25, 0.3) is 0 Å². The van der Waals surface area contributed by atoms with Gasteiger partial charge < -0.3 is 19.3 Å². The standard InChI is InChI=1S/C36H51N5O/c1-5-6-7-8-10-15-31-16-13-14-19-34(31)39-22-20-38(21-23-39)28-32-26-35(37(4)30(32)3)36(42)41-25-24-40(27-29(41)2)33-17-11-9-12-18-33/h9,11-14,16-19,26,29H,5-8,10,15,20-25,27-28H2,1-4H3. The molecule has 0 aliphatic carbocycles. The minimum absolute atomic E-state index is 0.156. The summed E-state index contributed by atoms with van der Waals surface area (Å²) in [5.41, 5.74) is 7.46. The van der Waals surface area contributed by atoms with Gasteiger partial charge in [0.2, 0.25) is 0 Å². The molecule has 1 aromatic heterocycles. The van der Waals surface area contributed by atoms with Gasteiger partial charge in [-0.15, -0.1) is 0 Å². The van der Waals surface area contributed by atoms with Gasteiger partial charge in [-0.05, 0) is 62.1 Å². The Morgan fingerprint density at radius 3 is 2.24 bits per heavy atom. The van der Waals surface area contributed by atoms with Gasteiger partial charge in [-0.1, -0.05) is 69.0 Å². The molecule has 1 atom stereocenters. The van der Waals surface area contributed by atoms with E-state index >= 15 is 0 Å². The van der Waals surface area contributed by atoms with E-state index in [4.69, 9.17) is 0 Å². The van der Waals surface area contributed by atoms with Crippen LogP contribution in [0, 0.1) is 6.92 Å². The molecule has 42 heavy (non-hydrogen) atoms. The lowest BCUT2D eigenvalue weighted by molar-refractivity contribution is 0.0664. The highest BCUT2D eigenvalue weighted by molar-refractivity contribution is 5.93. The van der Waals surface area contributed by atoms with Gasteiger partial charge in [0, 0.05) is 82.5 Å². The Balaban J connectivity index is 1.16. The van der Waals surface area contributed by atoms with E-state index in [2.05, 4.69) is 106 Å². The average molecular weight is 570 g/mol. The molecule has 6 heteroatoms. The van der Waals surface area contributed by atoms with Crippen molar-refractivity contribution in [1.82, 2.24) is 14.4 Å². The molecule has 2 saturated heterocycles. The van der Waals surface area contributed by atoms with Crippen molar-refractivity contribution in [3.05, 3.63) is 83.2 Å². The van der Waals surface area contributed by atoms with Crippen molar-refractivity contribution in [3.63, 3.8) is 0 Å². The molecule has 2 aromatic carbocycles. The van der Waals surface area contributed by atoms with Gasteiger partial charge in [-0.25, -0.2) is 0 Å². The summed E-state index contributed by atoms with van der Waals surface area (Å²) < 4.78 is 2.11. The summed E-state index contributed by atoms with van der Waals surface area (Å²) in [6.07, 6.45) is 7.80. The summed E-state index contributed by atoms with van der Waals surface area (Å²) in [5.74, 6) is 0.156. The molecular formula is C36H51N5O. The number of carbonyl (C=O) groups excluding carboxylic acids is 1. The van der Waals surface area contributed by atoms with Crippen molar-refractivity contribution >= 4 is 17.3 Å². The lowest BCUT2D eigenvalue weighted by Crippen LogP contribution is -2.54. The van der Waals surface area contributed by atoms with Gasteiger partial charge in [-0.2, -0.15) is 0 Å². The van der Waals surface area contributed by atoms with Crippen molar-refractivity contribution in [1.29, 1.82) is 0 Å². The number of carbonyl (C=O) groups is 1. The second kappa shape index (κ2) is 14.3. The van der Waals surface area contributed by atoms with Crippen LogP contribution >= 0.6 is 0 Å². The summed E-state index contributed by atoms with van der Waals surface area (Å²) in [6.45, 7) is 14.2. The number of para-hydroxylation sites is 2. The molecule has 0 saturated carbocycles. The molecule has 5 rings (SSSR count). The number of aryl methyl sites for hydroxylation is 1. The zero-order valence-electron chi connectivity index (χ0n) is 26.4. The number of aromatic nitrogens is 1. The zero-order chi connectivity index (χ0) is 29.5. The maximum atomic E-state index is 13.8. The third-order valence-corrected chi connectivity index (χ3v) is 9.52. The molecule has 6 nitrogen and oxygen atoms in total. The van der Waals surface area contributed by atoms with Crippen LogP contribution in [0.5, 0.6) is 0 Å². The fourth-order valence-corrected chi connectivity index (χ4v) is 6.74. The Hall–Kier alpha value is -3.25. The first-order valence-corrected chi connectivity index (χ1v) is 16.3. The SMILES string of the molecule is CCCCCCCc1ccccc1N1CCN(Cc2cc(C(=O)N3CCN(c4ccccc4)CC3C)n(C)c2C)CC1. The highest BCUT2D eigenvalue weighted by Gasteiger charge is 2.30. The molecule has 0 radical (unpaired) electrons. The maximum Gasteiger partial charge on any atom is 0.270 e. The van der Waals surface area contributed by atoms with E-state index in [1.54, 1.807) is 0 Å². The fourth-order valence-electron chi connectivity index (χ4n) is 6.74. The molecule has 1 amide bonds. The van der Waals surface area contributed by atoms with Crippen molar-refractivity contribution in [2.75, 3.05) is 55.6 Å². The quantitative estimate of drug-likeness (QED) is 0.246. The molecule has 2 fully saturated rings. The first-order chi connectivity index (χ1) is 20.5. The van der Waals surface area contributed by atoms with Gasteiger partial charge in [-0.3, -0.25) is 9.69 Å². The summed E-state index contributed by atoms with van der Waals surface area (Å²) >= 11 is 0. The first-order valence-electron chi connectivity index (χ1n) is 16.3. The Morgan fingerprint density at radius 2 is 1.50 bits per heavy atom. The Kier molecular flexibility index (Phi) is 10.3. The van der Waals surface area contributed by atoms with Crippen LogP contribution in [0.15, 0.2) is 60.7 Å². The van der Waals surface area contributed by atoms with Crippen LogP contribution in [0.2, 0.25) is 0 Å². The topological polar surface area (TPSA) is 35.0 Å². The van der Waals surface area contributed by atoms with Gasteiger partial charge in [0.1, 0.15) is 5.69 Å². The first kappa shape index (κ1) is 30.2. The predicted molar refractivity (Wildman–Crippen MR) is 176 cm³/mol. The number of rotatable bonds is 11. The van der Waals surface area contributed by atoms with Gasteiger partial charge in [0.25, 0.3) is 5.91 Å². The largest absolute Gasteiger partial charge is 0.369 e. The van der Waals surface area contributed by atoms with Crippen molar-refractivity contribution in [2.24, 2.45) is 7.05 Å². The number of unbranched alkanes of at least 4 members (excludes halogenated alkanes) is 4. The van der Waals surface area contributed by atoms with Gasteiger partial charge in [0.15, 0.2) is 0 Å². The van der Waals surface area contributed by atoms with E-state index in [0.717, 1.165) is 58.1 Å². The molecule has 0 bridgehead atoms. The molecule has 3 heterocycles. The summed E-state index contributed by atoms with van der Waals surface area (Å²) in [7, 11) is 2.05. The smallest absolute Gasteiger partial charge is 0.270 e. The lowest BCUT2D eigenvalue weighted by Gasteiger charge is -2.41. The van der Waals surface area contributed by atoms with E-state index in [-0.39, 0.29) is 11.9 Å². The summed E-state index contributed by atoms with van der Waals surface area (Å²) in [6, 6.07) is 21.9. The number of benzene rings is 2. The van der Waals surface area contributed by atoms with Crippen LogP contribution in [-0.2, 0) is 20.0 Å². The maximum absolute atomic E-state index is 13.8. The average Bonchev–Trinajstić information content (AvgIpc) is 3.30. The van der Waals surface area contributed by atoms with Crippen molar-refractivity contribution in [2.45, 2.75) is 71.9 Å². The molecule has 1 unspecified atom stereocenters. The number of hydrogen-bond acceptors (Lipinski definition) is 4. The Bertz CT molecular complexity index is 1290. The highest BCUT2D eigenvalue weighted by Crippen LogP contribution is 2.26. The van der Waals surface area contributed by atoms with E-state index in [0.29, 0.717) is 0 Å². The van der Waals surface area contributed by atoms with Crippen molar-refractivity contribution < 1.29 is 4.79 Å². The minimum Gasteiger partial charge on any atom is -0.369 e. The molecule has 0 spiro atoms. The number of piperazine rings is 2. The minimum atomic E-state index is 0.156. The third kappa shape index (κ3) is 7.03. The zero-order valence-corrected chi connectivity index (χ0v) is 26.4. The van der Waals surface area contributed by atoms with Crippen LogP contribution in [-0.4, -0.2) is 72.1 Å². The molecule has 2 aliphatic heterocycles. The van der Waals surface area contributed by atoms with Crippen molar-refractivity contribution in [3.8, 4) is 0 Å². The van der Waals surface area contributed by atoms with Gasteiger partial charge in [0.05, 0.1) is 0 Å². The highest BCUT2D eigenvalue weighted by atomic mass is 16.2. The van der Waals surface area contributed by atoms with Crippen LogP contribution in [0.3, 0.4) is 0 Å². The molecular weight excluding hydrogens is 518 g/mol. The Morgan fingerprint density at radius 1 is 0.810 bits per heavy atom. The second-order valence-corrected chi connectivity index (χ2v) is 12.4. The Labute approximate surface area is 253 Å². The number of anilines is 2. The van der Waals surface area contributed by atoms with E-state index in [1.165, 1.54) is 66.7 Å². The van der Waals surface area contributed by atoms with Gasteiger partial charge >= 0.3 is 0 Å². The fraction of sp³-hybridized carbons (Fsp3) is 0.528. The summed E-state index contributed by atoms with van der Waals surface area (Å²) in [4.78, 5) is 23.4.